The van der Waals surface area contributed by atoms with Gasteiger partial charge in [0.1, 0.15) is 18.1 Å². The molecule has 354 valence electrons. The van der Waals surface area contributed by atoms with E-state index in [-0.39, 0.29) is 60.2 Å². The summed E-state index contributed by atoms with van der Waals surface area (Å²) in [7, 11) is -3.20. The molecule has 2 aliphatic heterocycles. The molecule has 5 aromatic rings. The van der Waals surface area contributed by atoms with Gasteiger partial charge in [0.2, 0.25) is 15.9 Å². The van der Waals surface area contributed by atoms with Crippen LogP contribution in [0.5, 0.6) is 23.0 Å². The molecule has 1 saturated heterocycles. The highest BCUT2D eigenvalue weighted by Gasteiger charge is 2.44. The van der Waals surface area contributed by atoms with Crippen LogP contribution in [-0.2, 0) is 29.4 Å². The summed E-state index contributed by atoms with van der Waals surface area (Å²) in [6.07, 6.45) is 1.88. The second-order valence-corrected chi connectivity index (χ2v) is 26.0. The van der Waals surface area contributed by atoms with E-state index in [0.29, 0.717) is 18.8 Å². The zero-order valence-electron chi connectivity index (χ0n) is 39.6. The van der Waals surface area contributed by atoms with Crippen LogP contribution < -0.4 is 24.2 Å². The molecule has 0 unspecified atom stereocenters. The first-order valence-electron chi connectivity index (χ1n) is 23.2. The van der Waals surface area contributed by atoms with Gasteiger partial charge in [0, 0.05) is 60.8 Å². The van der Waals surface area contributed by atoms with Crippen molar-refractivity contribution in [2.45, 2.75) is 86.9 Å². The number of benzene rings is 5. The van der Waals surface area contributed by atoms with E-state index in [2.05, 4.69) is 80.3 Å². The fraction of sp³-hybridized carbons (Fsp3) is 0.396. The summed E-state index contributed by atoms with van der Waals surface area (Å²) in [4.78, 5) is 30.4. The van der Waals surface area contributed by atoms with E-state index < -0.39 is 41.8 Å². The number of likely N-dealkylation sites (tertiary alicyclic amines) is 1. The van der Waals surface area contributed by atoms with E-state index in [9.17, 15) is 18.0 Å². The Hall–Kier alpha value is -5.67. The molecule has 5 aromatic carbocycles. The largest absolute Gasteiger partial charge is 0.493 e. The average molecular weight is 946 g/mol. The van der Waals surface area contributed by atoms with Crippen LogP contribution in [0.15, 0.2) is 120 Å². The first-order valence-corrected chi connectivity index (χ1v) is 27.6. The van der Waals surface area contributed by atoms with Crippen LogP contribution in [-0.4, -0.2) is 86.7 Å². The normalized spacial score (nSPS) is 17.6. The number of sulfonamides is 1. The second-order valence-electron chi connectivity index (χ2n) is 19.4. The van der Waals surface area contributed by atoms with Crippen LogP contribution in [0.3, 0.4) is 0 Å². The lowest BCUT2D eigenvalue weighted by Gasteiger charge is -2.42. The topological polar surface area (TPSA) is 142 Å². The van der Waals surface area contributed by atoms with E-state index in [1.165, 1.54) is 37.3 Å². The van der Waals surface area contributed by atoms with Crippen molar-refractivity contribution in [2.24, 2.45) is 5.92 Å². The van der Waals surface area contributed by atoms with E-state index in [1.54, 1.807) is 0 Å². The van der Waals surface area contributed by atoms with E-state index in [1.807, 2.05) is 60.7 Å². The number of unbranched alkanes of at least 4 members (excludes halogenated alkanes) is 1. The minimum atomic E-state index is -4.16. The molecule has 14 heteroatoms. The van der Waals surface area contributed by atoms with Crippen LogP contribution in [0.4, 0.5) is 4.79 Å². The molecule has 0 saturated carbocycles. The van der Waals surface area contributed by atoms with Crippen LogP contribution in [0, 0.1) is 5.92 Å². The Balaban J connectivity index is 1.05. The molecule has 0 aromatic heterocycles. The van der Waals surface area contributed by atoms with Crippen LogP contribution in [0.2, 0.25) is 18.1 Å². The van der Waals surface area contributed by atoms with Crippen molar-refractivity contribution in [3.8, 4) is 34.1 Å². The van der Waals surface area contributed by atoms with Gasteiger partial charge in [-0.3, -0.25) is 4.79 Å². The molecule has 2 heterocycles. The lowest BCUT2D eigenvalue weighted by molar-refractivity contribution is -0.127. The van der Waals surface area contributed by atoms with Crippen molar-refractivity contribution in [1.29, 1.82) is 0 Å². The van der Waals surface area contributed by atoms with Crippen molar-refractivity contribution in [2.75, 3.05) is 47.1 Å². The monoisotopic (exact) mass is 945 g/mol. The standard InChI is InChI=1S/C53H63N3O9SSi/c1-52(2,3)67(6,7)64-29-17-16-28-53(44-22-12-14-24-46(44)65-47-25-15-13-23-45(47)53)35-54-50(57)36-30-37(55-66(59,60)38-26-27-48(61-4)49(31-38)62-5)33-56(32-36)51(58)63-34-43-41-20-10-8-18-39(41)40-19-9-11-21-42(40)43/h8-15,18-27,31,36-37,43,55H,16-17,28-30,32-35H2,1-7H3,(H,54,57)/t36-,37+/m0/s1. The Bertz CT molecular complexity index is 2630. The first kappa shape index (κ1) is 47.8. The zero-order chi connectivity index (χ0) is 47.6. The van der Waals surface area contributed by atoms with Gasteiger partial charge in [0.25, 0.3) is 0 Å². The number of piperidine rings is 1. The number of carbonyl (C=O) groups is 2. The number of methoxy groups -OCH3 is 2. The van der Waals surface area contributed by atoms with Gasteiger partial charge in [0.05, 0.1) is 25.0 Å². The number of rotatable bonds is 16. The predicted octanol–water partition coefficient (Wildman–Crippen LogP) is 10.0. The van der Waals surface area contributed by atoms with Crippen molar-refractivity contribution < 1.29 is 41.4 Å². The molecule has 1 fully saturated rings. The van der Waals surface area contributed by atoms with Crippen molar-refractivity contribution >= 4 is 30.3 Å². The first-order chi connectivity index (χ1) is 32.0. The average Bonchev–Trinajstić information content (AvgIpc) is 3.64. The molecule has 2 amide bonds. The maximum atomic E-state index is 14.8. The molecule has 0 bridgehead atoms. The number of nitrogens with one attached hydrogen (secondary N) is 2. The summed E-state index contributed by atoms with van der Waals surface area (Å²) in [5.74, 6) is 0.832. The molecule has 2 N–H and O–H groups in total. The summed E-state index contributed by atoms with van der Waals surface area (Å²) < 4.78 is 60.8. The van der Waals surface area contributed by atoms with Crippen LogP contribution in [0.1, 0.15) is 74.6 Å². The molecule has 0 spiro atoms. The fourth-order valence-electron chi connectivity index (χ4n) is 9.65. The van der Waals surface area contributed by atoms with Gasteiger partial charge < -0.3 is 33.6 Å². The molecular formula is C53H63N3O9SSi. The van der Waals surface area contributed by atoms with Crippen molar-refractivity contribution in [3.05, 3.63) is 138 Å². The number of nitrogens with zero attached hydrogens (tertiary/aromatic N) is 1. The number of carbonyl (C=O) groups excluding carboxylic acids is 2. The Morgan fingerprint density at radius 1 is 0.791 bits per heavy atom. The van der Waals surface area contributed by atoms with Gasteiger partial charge in [-0.2, -0.15) is 0 Å². The van der Waals surface area contributed by atoms with Gasteiger partial charge in [0.15, 0.2) is 19.8 Å². The highest BCUT2D eigenvalue weighted by Crippen LogP contribution is 2.51. The smallest absolute Gasteiger partial charge is 0.409 e. The minimum absolute atomic E-state index is 0.00799. The van der Waals surface area contributed by atoms with Crippen LogP contribution >= 0.6 is 0 Å². The van der Waals surface area contributed by atoms with Gasteiger partial charge in [-0.15, -0.1) is 0 Å². The third-order valence-corrected chi connectivity index (χ3v) is 20.3. The molecular weight excluding hydrogens is 883 g/mol. The summed E-state index contributed by atoms with van der Waals surface area (Å²) in [6, 6.07) is 35.7. The Morgan fingerprint density at radius 3 is 2.00 bits per heavy atom. The highest BCUT2D eigenvalue weighted by molar-refractivity contribution is 7.89. The van der Waals surface area contributed by atoms with Gasteiger partial charge >= 0.3 is 6.09 Å². The Morgan fingerprint density at radius 2 is 1.39 bits per heavy atom. The summed E-state index contributed by atoms with van der Waals surface area (Å²) in [5.41, 5.74) is 5.64. The van der Waals surface area contributed by atoms with Crippen LogP contribution in [0.25, 0.3) is 11.1 Å². The van der Waals surface area contributed by atoms with Gasteiger partial charge in [-0.25, -0.2) is 17.9 Å². The molecule has 12 nitrogen and oxygen atoms in total. The summed E-state index contributed by atoms with van der Waals surface area (Å²) in [6.45, 7) is 12.2. The minimum Gasteiger partial charge on any atom is -0.493 e. The molecule has 0 radical (unpaired) electrons. The lowest BCUT2D eigenvalue weighted by Crippen LogP contribution is -2.56. The third kappa shape index (κ3) is 9.85. The number of amides is 2. The van der Waals surface area contributed by atoms with E-state index in [4.69, 9.17) is 23.4 Å². The lowest BCUT2D eigenvalue weighted by atomic mass is 9.69. The highest BCUT2D eigenvalue weighted by atomic mass is 32.2. The maximum Gasteiger partial charge on any atom is 0.409 e. The van der Waals surface area contributed by atoms with Gasteiger partial charge in [-0.05, 0) is 90.3 Å². The SMILES string of the molecule is COc1ccc(S(=O)(=O)N[C@@H]2C[C@H](C(=O)NCC3(CCCCO[Si](C)(C)C(C)(C)C)c4ccccc4Oc4ccccc43)CN(C(=O)OCC3c4ccccc4-c4ccccc43)C2)cc1OC. The number of hydrogen-bond donors (Lipinski definition) is 2. The Labute approximate surface area is 396 Å². The summed E-state index contributed by atoms with van der Waals surface area (Å²) >= 11 is 0. The fourth-order valence-corrected chi connectivity index (χ4v) is 12.0. The molecule has 67 heavy (non-hydrogen) atoms. The maximum absolute atomic E-state index is 14.8. The second kappa shape index (κ2) is 19.5. The third-order valence-electron chi connectivity index (χ3n) is 14.3. The number of para-hydroxylation sites is 2. The molecule has 8 rings (SSSR count). The molecule has 1 aliphatic carbocycles. The van der Waals surface area contributed by atoms with E-state index in [0.717, 1.165) is 57.7 Å². The number of fused-ring (bicyclic) bond motifs is 5. The Kier molecular flexibility index (Phi) is 13.9. The molecule has 3 aliphatic rings. The van der Waals surface area contributed by atoms with Crippen molar-refractivity contribution in [1.82, 2.24) is 14.9 Å². The zero-order valence-corrected chi connectivity index (χ0v) is 41.4. The quantitative estimate of drug-likeness (QED) is 0.0731. The van der Waals surface area contributed by atoms with Gasteiger partial charge in [-0.1, -0.05) is 106 Å². The van der Waals surface area contributed by atoms with E-state index >= 15 is 0 Å². The van der Waals surface area contributed by atoms with Crippen molar-refractivity contribution in [3.63, 3.8) is 0 Å². The number of ether oxygens (including phenoxy) is 4. The summed E-state index contributed by atoms with van der Waals surface area (Å²) in [5, 5.41) is 3.42. The molecule has 2 atom stereocenters. The number of hydrogen-bond acceptors (Lipinski definition) is 9. The predicted molar refractivity (Wildman–Crippen MR) is 262 cm³/mol.